The Morgan fingerprint density at radius 2 is 1.35 bits per heavy atom. The van der Waals surface area contributed by atoms with Gasteiger partial charge in [-0.25, -0.2) is 9.59 Å². The van der Waals surface area contributed by atoms with Crippen molar-refractivity contribution in [1.82, 2.24) is 20.5 Å². The number of cyclic esters (lactones) is 2. The van der Waals surface area contributed by atoms with Crippen molar-refractivity contribution in [2.24, 2.45) is 0 Å². The Balaban J connectivity index is 0.000000244. The standard InChI is InChI=1S/C8H4O3.C6H10N3OP3.H3N.H3P/c9-7-5-3-1-2-4-6(5)8(10)11-7;1-2-4-6(5-3-1)10-9-12-7-11-8-13-9;;/h1-4H;1-5,7-8,11-13H;2*1H3. The molecular weight excluding hydrogens is 412 g/mol. The monoisotopic (exact) mass is 432 g/mol. The van der Waals surface area contributed by atoms with Crippen LogP contribution < -0.4 is 20.7 Å². The van der Waals surface area contributed by atoms with E-state index < -0.39 is 11.9 Å². The van der Waals surface area contributed by atoms with Gasteiger partial charge in [-0.2, -0.15) is 9.90 Å². The summed E-state index contributed by atoms with van der Waals surface area (Å²) in [5, 5.41) is 0. The predicted octanol–water partition coefficient (Wildman–Crippen LogP) is 3.22. The maximum absolute atomic E-state index is 10.8. The number of carbonyl (C=O) groups excluding carboxylic acids is 2. The summed E-state index contributed by atoms with van der Waals surface area (Å²) >= 11 is 0. The third-order valence-corrected chi connectivity index (χ3v) is 6.09. The topological polar surface area (TPSA) is 115 Å². The zero-order chi connectivity index (χ0) is 16.8. The number of ether oxygens (including phenoxy) is 1. The molecule has 4 rings (SSSR count). The van der Waals surface area contributed by atoms with Crippen LogP contribution in [0.15, 0.2) is 54.6 Å². The van der Waals surface area contributed by atoms with Crippen LogP contribution in [0.1, 0.15) is 20.7 Å². The number of esters is 2. The molecule has 26 heavy (non-hydrogen) atoms. The van der Waals surface area contributed by atoms with Crippen molar-refractivity contribution < 1.29 is 19.2 Å². The molecule has 2 aromatic carbocycles. The van der Waals surface area contributed by atoms with Crippen molar-refractivity contribution in [3.05, 3.63) is 65.7 Å². The molecule has 2 heterocycles. The summed E-state index contributed by atoms with van der Waals surface area (Å²) in [6, 6.07) is 16.3. The number of para-hydroxylation sites is 1. The van der Waals surface area contributed by atoms with E-state index in [-0.39, 0.29) is 16.0 Å². The fourth-order valence-corrected chi connectivity index (χ4v) is 5.49. The first-order chi connectivity index (χ1) is 11.7. The van der Waals surface area contributed by atoms with Crippen molar-refractivity contribution in [2.45, 2.75) is 0 Å². The number of nitrogens with zero attached hydrogens (tertiary/aromatic N) is 1. The van der Waals surface area contributed by atoms with Gasteiger partial charge in [0, 0.05) is 8.88 Å². The zero-order valence-electron chi connectivity index (χ0n) is 13.7. The van der Waals surface area contributed by atoms with Crippen LogP contribution in [-0.4, -0.2) is 16.5 Å². The third kappa shape index (κ3) is 6.28. The number of hydrogen-bond acceptors (Lipinski definition) is 8. The van der Waals surface area contributed by atoms with E-state index in [1.165, 1.54) is 0 Å². The van der Waals surface area contributed by atoms with Crippen molar-refractivity contribution in [2.75, 3.05) is 0 Å². The average molecular weight is 432 g/mol. The van der Waals surface area contributed by atoms with Gasteiger partial charge in [-0.1, -0.05) is 34.9 Å². The second-order valence-corrected chi connectivity index (χ2v) is 8.48. The Labute approximate surface area is 160 Å². The summed E-state index contributed by atoms with van der Waals surface area (Å²) in [6.07, 6.45) is 0. The van der Waals surface area contributed by atoms with Gasteiger partial charge in [0.2, 0.25) is 0 Å². The highest BCUT2D eigenvalue weighted by Gasteiger charge is 2.28. The van der Waals surface area contributed by atoms with Gasteiger partial charge in [0.1, 0.15) is 5.75 Å². The van der Waals surface area contributed by atoms with Crippen LogP contribution in [0.25, 0.3) is 0 Å². The molecule has 0 spiro atoms. The van der Waals surface area contributed by atoms with Crippen LogP contribution in [0, 0.1) is 0 Å². The SMILES string of the molecule is N.O=C1OC(=O)c2ccccc21.P.c1ccc(ON2PNPNP2)cc1. The molecule has 12 heteroatoms. The van der Waals surface area contributed by atoms with Gasteiger partial charge in [0.15, 0.2) is 0 Å². The maximum Gasteiger partial charge on any atom is 0.346 e. The lowest BCUT2D eigenvalue weighted by atomic mass is 10.1. The van der Waals surface area contributed by atoms with E-state index in [4.69, 9.17) is 4.84 Å². The summed E-state index contributed by atoms with van der Waals surface area (Å²) in [4.78, 5) is 33.7. The van der Waals surface area contributed by atoms with Crippen LogP contribution in [0.2, 0.25) is 0 Å². The molecule has 0 amide bonds. The summed E-state index contributed by atoms with van der Waals surface area (Å²) in [7, 11) is 1.73. The highest BCUT2D eigenvalue weighted by molar-refractivity contribution is 7.65. The largest absolute Gasteiger partial charge is 0.397 e. The highest BCUT2D eigenvalue weighted by atomic mass is 31.2. The van der Waals surface area contributed by atoms with E-state index in [0.29, 0.717) is 37.8 Å². The molecule has 8 nitrogen and oxygen atoms in total. The van der Waals surface area contributed by atoms with Gasteiger partial charge in [-0.15, -0.1) is 0 Å². The summed E-state index contributed by atoms with van der Waals surface area (Å²) in [5.41, 5.74) is 0.718. The van der Waals surface area contributed by atoms with Crippen LogP contribution in [0.5, 0.6) is 5.75 Å². The Kier molecular flexibility index (Phi) is 10.3. The molecule has 3 atom stereocenters. The first-order valence-corrected chi connectivity index (χ1v) is 9.78. The van der Waals surface area contributed by atoms with Crippen LogP contribution in [0.3, 0.4) is 0 Å². The molecule has 2 aliphatic heterocycles. The van der Waals surface area contributed by atoms with Crippen molar-refractivity contribution in [3.8, 4) is 5.75 Å². The highest BCUT2D eigenvalue weighted by Crippen LogP contribution is 2.37. The lowest BCUT2D eigenvalue weighted by molar-refractivity contribution is 0.0444. The van der Waals surface area contributed by atoms with E-state index in [9.17, 15) is 9.59 Å². The molecule has 0 aromatic heterocycles. The Bertz CT molecular complexity index is 699. The quantitative estimate of drug-likeness (QED) is 0.377. The van der Waals surface area contributed by atoms with E-state index in [1.54, 1.807) is 24.3 Å². The lowest BCUT2D eigenvalue weighted by Crippen LogP contribution is -2.19. The number of benzene rings is 2. The normalized spacial score (nSPS) is 18.2. The van der Waals surface area contributed by atoms with Crippen molar-refractivity contribution >= 4 is 48.5 Å². The lowest BCUT2D eigenvalue weighted by Gasteiger charge is -2.26. The fourth-order valence-electron chi connectivity index (χ4n) is 1.88. The first kappa shape index (κ1) is 23.0. The second-order valence-electron chi connectivity index (χ2n) is 4.52. The minimum absolute atomic E-state index is 0. The molecular formula is C14H20N4O4P4. The minimum atomic E-state index is -0.550. The molecule has 2 aliphatic rings. The van der Waals surface area contributed by atoms with E-state index in [0.717, 1.165) is 5.75 Å². The van der Waals surface area contributed by atoms with Gasteiger partial charge < -0.3 is 15.7 Å². The Hall–Kier alpha value is -1.06. The summed E-state index contributed by atoms with van der Waals surface area (Å²) < 4.78 is 6.25. The fraction of sp³-hybridized carbons (Fsp3) is 0. The number of hydrogen-bond donors (Lipinski definition) is 3. The average Bonchev–Trinajstić information content (AvgIpc) is 2.92. The molecule has 5 N–H and O–H groups in total. The molecule has 1 saturated heterocycles. The van der Waals surface area contributed by atoms with E-state index in [2.05, 4.69) is 14.5 Å². The van der Waals surface area contributed by atoms with Crippen LogP contribution >= 0.6 is 36.5 Å². The van der Waals surface area contributed by atoms with Crippen molar-refractivity contribution in [1.29, 1.82) is 0 Å². The smallest absolute Gasteiger partial charge is 0.346 e. The molecule has 2 aromatic rings. The minimum Gasteiger partial charge on any atom is -0.397 e. The number of rotatable bonds is 2. The number of fused-ring (bicyclic) bond motifs is 1. The second kappa shape index (κ2) is 11.6. The molecule has 3 unspecified atom stereocenters. The van der Waals surface area contributed by atoms with E-state index in [1.807, 2.05) is 34.9 Å². The summed E-state index contributed by atoms with van der Waals surface area (Å²) in [5.74, 6) is -0.215. The van der Waals surface area contributed by atoms with Gasteiger partial charge in [-0.05, 0) is 24.3 Å². The molecule has 0 aliphatic carbocycles. The van der Waals surface area contributed by atoms with Crippen LogP contribution in [-0.2, 0) is 4.74 Å². The predicted molar refractivity (Wildman–Crippen MR) is 112 cm³/mol. The van der Waals surface area contributed by atoms with Crippen molar-refractivity contribution in [3.63, 3.8) is 0 Å². The Morgan fingerprint density at radius 1 is 0.846 bits per heavy atom. The van der Waals surface area contributed by atoms with Gasteiger partial charge in [0.25, 0.3) is 0 Å². The van der Waals surface area contributed by atoms with Crippen LogP contribution in [0.4, 0.5) is 0 Å². The van der Waals surface area contributed by atoms with Gasteiger partial charge in [0.05, 0.1) is 28.9 Å². The number of carbonyl (C=O) groups is 2. The van der Waals surface area contributed by atoms with Gasteiger partial charge in [-0.3, -0.25) is 9.72 Å². The zero-order valence-corrected chi connectivity index (χ0v) is 18.1. The maximum atomic E-state index is 10.8. The third-order valence-electron chi connectivity index (χ3n) is 2.93. The summed E-state index contributed by atoms with van der Waals surface area (Å²) in [6.45, 7) is 0. The molecule has 140 valence electrons. The molecule has 0 bridgehead atoms. The first-order valence-electron chi connectivity index (χ1n) is 6.89. The van der Waals surface area contributed by atoms with Gasteiger partial charge >= 0.3 is 11.9 Å². The number of nitrogens with one attached hydrogen (secondary N) is 2. The molecule has 1 fully saturated rings. The molecule has 0 saturated carbocycles. The molecule has 0 radical (unpaired) electrons. The van der Waals surface area contributed by atoms with E-state index >= 15 is 0 Å². The Morgan fingerprint density at radius 3 is 1.88 bits per heavy atom.